The van der Waals surface area contributed by atoms with Crippen LogP contribution in [0.25, 0.3) is 0 Å². The van der Waals surface area contributed by atoms with Crippen LogP contribution in [0.3, 0.4) is 0 Å². The molecule has 0 aliphatic heterocycles. The zero-order chi connectivity index (χ0) is 22.1. The molecule has 8 heteroatoms. The van der Waals surface area contributed by atoms with Gasteiger partial charge in [0, 0.05) is 24.6 Å². The molecule has 0 unspecified atom stereocenters. The zero-order valence-corrected chi connectivity index (χ0v) is 17.3. The van der Waals surface area contributed by atoms with Crippen molar-refractivity contribution in [1.82, 2.24) is 14.9 Å². The van der Waals surface area contributed by atoms with Gasteiger partial charge in [-0.1, -0.05) is 42.5 Å². The van der Waals surface area contributed by atoms with Gasteiger partial charge in [0.2, 0.25) is 0 Å². The van der Waals surface area contributed by atoms with Gasteiger partial charge in [0.05, 0.1) is 25.4 Å². The third-order valence-electron chi connectivity index (χ3n) is 4.63. The van der Waals surface area contributed by atoms with E-state index in [4.69, 9.17) is 4.74 Å². The summed E-state index contributed by atoms with van der Waals surface area (Å²) < 4.78 is 7.15. The highest BCUT2D eigenvalue weighted by atomic mass is 16.5. The Labute approximate surface area is 180 Å². The van der Waals surface area contributed by atoms with Crippen molar-refractivity contribution in [3.05, 3.63) is 94.7 Å². The second-order valence-corrected chi connectivity index (χ2v) is 7.11. The van der Waals surface area contributed by atoms with Crippen molar-refractivity contribution in [2.45, 2.75) is 25.7 Å². The van der Waals surface area contributed by atoms with Gasteiger partial charge in [0.1, 0.15) is 0 Å². The molecule has 31 heavy (non-hydrogen) atoms. The van der Waals surface area contributed by atoms with Gasteiger partial charge < -0.3 is 20.5 Å². The topological polar surface area (TPSA) is 105 Å². The van der Waals surface area contributed by atoms with Gasteiger partial charge in [-0.15, -0.1) is 0 Å². The van der Waals surface area contributed by atoms with Crippen molar-refractivity contribution in [3.8, 4) is 0 Å². The third kappa shape index (κ3) is 7.06. The summed E-state index contributed by atoms with van der Waals surface area (Å²) >= 11 is 0. The largest absolute Gasteiger partial charge is 0.389 e. The Morgan fingerprint density at radius 3 is 2.74 bits per heavy atom. The third-order valence-corrected chi connectivity index (χ3v) is 4.63. The first-order valence-electron chi connectivity index (χ1n) is 10.0. The monoisotopic (exact) mass is 422 g/mol. The lowest BCUT2D eigenvalue weighted by atomic mass is 10.1. The predicted octanol–water partition coefficient (Wildman–Crippen LogP) is 2.55. The molecule has 3 rings (SSSR count). The van der Waals surface area contributed by atoms with E-state index in [1.165, 1.54) is 10.8 Å². The van der Waals surface area contributed by atoms with Crippen LogP contribution < -0.4 is 16.3 Å². The number of amides is 2. The Balaban J connectivity index is 1.44. The van der Waals surface area contributed by atoms with Gasteiger partial charge in [-0.2, -0.15) is 0 Å². The number of aliphatic hydroxyl groups is 1. The molecule has 3 aromatic rings. The van der Waals surface area contributed by atoms with Gasteiger partial charge in [-0.05, 0) is 36.2 Å². The van der Waals surface area contributed by atoms with Crippen LogP contribution in [0.4, 0.5) is 10.5 Å². The van der Waals surface area contributed by atoms with Gasteiger partial charge in [-0.25, -0.2) is 14.6 Å². The van der Waals surface area contributed by atoms with Crippen molar-refractivity contribution in [2.75, 3.05) is 18.5 Å². The van der Waals surface area contributed by atoms with Crippen LogP contribution in [0.2, 0.25) is 0 Å². The molecule has 0 saturated heterocycles. The number of aromatic nitrogens is 2. The first kappa shape index (κ1) is 22.2. The summed E-state index contributed by atoms with van der Waals surface area (Å²) in [5.74, 6) is 0. The smallest absolute Gasteiger partial charge is 0.347 e. The summed E-state index contributed by atoms with van der Waals surface area (Å²) in [5.41, 5.74) is 2.11. The maximum absolute atomic E-state index is 12.2. The highest BCUT2D eigenvalue weighted by molar-refractivity contribution is 5.89. The SMILES string of the molecule is C[C@H](OC[C@@H](O)CNC(=O)Nc1cccc(Cn2cccnc2=O)c1)c1ccccc1. The molecule has 3 N–H and O–H groups in total. The summed E-state index contributed by atoms with van der Waals surface area (Å²) in [7, 11) is 0. The summed E-state index contributed by atoms with van der Waals surface area (Å²) in [4.78, 5) is 27.6. The van der Waals surface area contributed by atoms with Crippen molar-refractivity contribution in [1.29, 1.82) is 0 Å². The van der Waals surface area contributed by atoms with E-state index in [-0.39, 0.29) is 24.9 Å². The number of nitrogens with one attached hydrogen (secondary N) is 2. The van der Waals surface area contributed by atoms with E-state index in [0.717, 1.165) is 11.1 Å². The normalized spacial score (nSPS) is 12.7. The molecule has 8 nitrogen and oxygen atoms in total. The first-order chi connectivity index (χ1) is 15.0. The van der Waals surface area contributed by atoms with E-state index >= 15 is 0 Å². The fourth-order valence-electron chi connectivity index (χ4n) is 2.97. The molecule has 2 amide bonds. The number of benzene rings is 2. The molecule has 1 aromatic heterocycles. The van der Waals surface area contributed by atoms with Crippen molar-refractivity contribution in [3.63, 3.8) is 0 Å². The van der Waals surface area contributed by atoms with Crippen LogP contribution >= 0.6 is 0 Å². The number of hydrogen-bond donors (Lipinski definition) is 3. The van der Waals surface area contributed by atoms with E-state index in [9.17, 15) is 14.7 Å². The van der Waals surface area contributed by atoms with Crippen LogP contribution in [0.1, 0.15) is 24.2 Å². The van der Waals surface area contributed by atoms with E-state index in [1.807, 2.05) is 43.3 Å². The molecule has 0 spiro atoms. The van der Waals surface area contributed by atoms with Crippen LogP contribution in [-0.2, 0) is 11.3 Å². The number of hydrogen-bond acceptors (Lipinski definition) is 5. The predicted molar refractivity (Wildman–Crippen MR) is 118 cm³/mol. The number of rotatable bonds is 9. The zero-order valence-electron chi connectivity index (χ0n) is 17.3. The minimum Gasteiger partial charge on any atom is -0.389 e. The number of urea groups is 1. The molecule has 162 valence electrons. The molecule has 0 fully saturated rings. The Kier molecular flexibility index (Phi) is 7.91. The van der Waals surface area contributed by atoms with E-state index in [2.05, 4.69) is 15.6 Å². The summed E-state index contributed by atoms with van der Waals surface area (Å²) in [5, 5.41) is 15.4. The molecular formula is C23H26N4O4. The molecule has 0 aliphatic rings. The maximum Gasteiger partial charge on any atom is 0.347 e. The van der Waals surface area contributed by atoms with Crippen LogP contribution in [0.5, 0.6) is 0 Å². The fraction of sp³-hybridized carbons (Fsp3) is 0.261. The second-order valence-electron chi connectivity index (χ2n) is 7.11. The Morgan fingerprint density at radius 2 is 1.97 bits per heavy atom. The minimum atomic E-state index is -0.833. The second kappa shape index (κ2) is 11.1. The number of ether oxygens (including phenoxy) is 1. The summed E-state index contributed by atoms with van der Waals surface area (Å²) in [6.07, 6.45) is 2.12. The number of anilines is 1. The lowest BCUT2D eigenvalue weighted by Crippen LogP contribution is -2.37. The molecular weight excluding hydrogens is 396 g/mol. The Morgan fingerprint density at radius 1 is 1.16 bits per heavy atom. The summed E-state index contributed by atoms with van der Waals surface area (Å²) in [6.45, 7) is 2.41. The number of aliphatic hydroxyl groups excluding tert-OH is 1. The fourth-order valence-corrected chi connectivity index (χ4v) is 2.97. The van der Waals surface area contributed by atoms with Crippen molar-refractivity contribution >= 4 is 11.7 Å². The van der Waals surface area contributed by atoms with Crippen molar-refractivity contribution in [2.24, 2.45) is 0 Å². The van der Waals surface area contributed by atoms with Gasteiger partial charge in [0.25, 0.3) is 0 Å². The van der Waals surface area contributed by atoms with E-state index in [1.54, 1.807) is 30.5 Å². The lowest BCUT2D eigenvalue weighted by molar-refractivity contribution is -0.000953. The Hall–Kier alpha value is -3.49. The number of carbonyl (C=O) groups is 1. The van der Waals surface area contributed by atoms with Crippen molar-refractivity contribution < 1.29 is 14.6 Å². The quantitative estimate of drug-likeness (QED) is 0.492. The number of nitrogens with zero attached hydrogens (tertiary/aromatic N) is 2. The van der Waals surface area contributed by atoms with E-state index < -0.39 is 12.1 Å². The standard InChI is InChI=1S/C23H26N4O4/c1-17(19-8-3-2-4-9-19)31-16-21(28)14-25-22(29)26-20-10-5-7-18(13-20)15-27-12-6-11-24-23(27)30/h2-13,17,21,28H,14-16H2,1H3,(H2,25,26,29)/t17-,21-/m0/s1. The molecule has 0 radical (unpaired) electrons. The van der Waals surface area contributed by atoms with E-state index in [0.29, 0.717) is 12.2 Å². The van der Waals surface area contributed by atoms with Gasteiger partial charge in [0.15, 0.2) is 0 Å². The molecule has 2 aromatic carbocycles. The molecule has 0 bridgehead atoms. The molecule has 0 saturated carbocycles. The molecule has 1 heterocycles. The van der Waals surface area contributed by atoms with Crippen LogP contribution in [0.15, 0.2) is 77.9 Å². The maximum atomic E-state index is 12.2. The average Bonchev–Trinajstić information content (AvgIpc) is 2.78. The molecule has 2 atom stereocenters. The molecule has 0 aliphatic carbocycles. The first-order valence-corrected chi connectivity index (χ1v) is 10.0. The highest BCUT2D eigenvalue weighted by Gasteiger charge is 2.11. The highest BCUT2D eigenvalue weighted by Crippen LogP contribution is 2.16. The van der Waals surface area contributed by atoms with Gasteiger partial charge >= 0.3 is 11.7 Å². The van der Waals surface area contributed by atoms with Crippen LogP contribution in [0, 0.1) is 0 Å². The lowest BCUT2D eigenvalue weighted by Gasteiger charge is -2.17. The average molecular weight is 422 g/mol. The van der Waals surface area contributed by atoms with Crippen LogP contribution in [-0.4, -0.2) is 39.9 Å². The van der Waals surface area contributed by atoms with Gasteiger partial charge in [-0.3, -0.25) is 4.57 Å². The summed E-state index contributed by atoms with van der Waals surface area (Å²) in [6, 6.07) is 18.1. The Bertz CT molecular complexity index is 1040. The minimum absolute atomic E-state index is 0.0537. The number of carbonyl (C=O) groups excluding carboxylic acids is 1.